The van der Waals surface area contributed by atoms with Crippen LogP contribution < -0.4 is 0 Å². The summed E-state index contributed by atoms with van der Waals surface area (Å²) in [6.45, 7) is 9.78. The zero-order chi connectivity index (χ0) is 18.4. The summed E-state index contributed by atoms with van der Waals surface area (Å²) in [5, 5.41) is 0. The average Bonchev–Trinajstić information content (AvgIpc) is 2.55. The second-order valence-electron chi connectivity index (χ2n) is 8.11. The molecule has 4 nitrogen and oxygen atoms in total. The van der Waals surface area contributed by atoms with Crippen LogP contribution in [0.1, 0.15) is 52.5 Å². The predicted molar refractivity (Wildman–Crippen MR) is 101 cm³/mol. The Morgan fingerprint density at radius 2 is 1.72 bits per heavy atom. The lowest BCUT2D eigenvalue weighted by Gasteiger charge is -2.36. The first-order chi connectivity index (χ1) is 11.8. The third-order valence-electron chi connectivity index (χ3n) is 5.07. The van der Waals surface area contributed by atoms with Crippen molar-refractivity contribution < 1.29 is 9.59 Å². The molecule has 25 heavy (non-hydrogen) atoms. The van der Waals surface area contributed by atoms with Crippen LogP contribution in [-0.4, -0.2) is 46.8 Å². The van der Waals surface area contributed by atoms with E-state index in [0.717, 1.165) is 32.4 Å². The van der Waals surface area contributed by atoms with E-state index in [1.54, 1.807) is 11.8 Å². The number of benzene rings is 1. The van der Waals surface area contributed by atoms with Crippen LogP contribution >= 0.6 is 0 Å². The van der Waals surface area contributed by atoms with Gasteiger partial charge in [-0.05, 0) is 51.5 Å². The van der Waals surface area contributed by atoms with E-state index in [2.05, 4.69) is 24.3 Å². The molecule has 0 unspecified atom stereocenters. The minimum absolute atomic E-state index is 0.0295. The molecule has 2 rings (SSSR count). The van der Waals surface area contributed by atoms with Crippen molar-refractivity contribution in [3.63, 3.8) is 0 Å². The van der Waals surface area contributed by atoms with Crippen molar-refractivity contribution in [1.29, 1.82) is 0 Å². The standard InChI is InChI=1S/C21H32N2O2/c1-17(24)23(21(2,3)4)15-12-20(25)22-13-10-19(11-14-22)16-18-8-6-5-7-9-18/h5-9,19H,10-16H2,1-4H3. The van der Waals surface area contributed by atoms with Gasteiger partial charge in [-0.25, -0.2) is 0 Å². The summed E-state index contributed by atoms with van der Waals surface area (Å²) < 4.78 is 0. The number of rotatable bonds is 5. The van der Waals surface area contributed by atoms with Gasteiger partial charge in [-0.2, -0.15) is 0 Å². The molecule has 1 aromatic rings. The fourth-order valence-electron chi connectivity index (χ4n) is 3.66. The van der Waals surface area contributed by atoms with E-state index in [1.165, 1.54) is 5.56 Å². The number of hydrogen-bond donors (Lipinski definition) is 0. The number of hydrogen-bond acceptors (Lipinski definition) is 2. The SMILES string of the molecule is CC(=O)N(CCC(=O)N1CCC(Cc2ccccc2)CC1)C(C)(C)C. The van der Waals surface area contributed by atoms with Crippen LogP contribution in [-0.2, 0) is 16.0 Å². The Balaban J connectivity index is 1.78. The van der Waals surface area contributed by atoms with E-state index < -0.39 is 0 Å². The van der Waals surface area contributed by atoms with E-state index in [4.69, 9.17) is 0 Å². The van der Waals surface area contributed by atoms with E-state index in [9.17, 15) is 9.59 Å². The Labute approximate surface area is 152 Å². The van der Waals surface area contributed by atoms with Gasteiger partial charge in [-0.15, -0.1) is 0 Å². The summed E-state index contributed by atoms with van der Waals surface area (Å²) in [5.74, 6) is 0.866. The highest BCUT2D eigenvalue weighted by Crippen LogP contribution is 2.22. The smallest absolute Gasteiger partial charge is 0.224 e. The van der Waals surface area contributed by atoms with Gasteiger partial charge in [-0.3, -0.25) is 9.59 Å². The fraction of sp³-hybridized carbons (Fsp3) is 0.619. The topological polar surface area (TPSA) is 40.6 Å². The maximum Gasteiger partial charge on any atom is 0.224 e. The van der Waals surface area contributed by atoms with Gasteiger partial charge in [0.25, 0.3) is 0 Å². The minimum atomic E-state index is -0.241. The number of carbonyl (C=O) groups excluding carboxylic acids is 2. The van der Waals surface area contributed by atoms with E-state index >= 15 is 0 Å². The Bertz CT molecular complexity index is 569. The zero-order valence-electron chi connectivity index (χ0n) is 16.1. The summed E-state index contributed by atoms with van der Waals surface area (Å²) in [5.41, 5.74) is 1.14. The Morgan fingerprint density at radius 3 is 2.24 bits per heavy atom. The van der Waals surface area contributed by atoms with E-state index in [0.29, 0.717) is 18.9 Å². The molecule has 1 heterocycles. The molecule has 0 saturated carbocycles. The molecule has 1 fully saturated rings. The van der Waals surface area contributed by atoms with Crippen LogP contribution in [0.3, 0.4) is 0 Å². The molecule has 1 saturated heterocycles. The van der Waals surface area contributed by atoms with Crippen molar-refractivity contribution in [3.05, 3.63) is 35.9 Å². The number of nitrogens with zero attached hydrogens (tertiary/aromatic N) is 2. The van der Waals surface area contributed by atoms with Crippen LogP contribution in [0.25, 0.3) is 0 Å². The maximum atomic E-state index is 12.5. The van der Waals surface area contributed by atoms with Crippen molar-refractivity contribution in [1.82, 2.24) is 9.80 Å². The van der Waals surface area contributed by atoms with Crippen LogP contribution in [0.2, 0.25) is 0 Å². The molecule has 1 aliphatic rings. The Morgan fingerprint density at radius 1 is 1.12 bits per heavy atom. The number of carbonyl (C=O) groups is 2. The molecule has 0 N–H and O–H groups in total. The van der Waals surface area contributed by atoms with Gasteiger partial charge in [0.05, 0.1) is 0 Å². The van der Waals surface area contributed by atoms with Crippen molar-refractivity contribution >= 4 is 11.8 Å². The molecule has 0 aliphatic carbocycles. The van der Waals surface area contributed by atoms with Crippen LogP contribution in [0.4, 0.5) is 0 Å². The molecule has 2 amide bonds. The number of likely N-dealkylation sites (tertiary alicyclic amines) is 1. The molecular weight excluding hydrogens is 312 g/mol. The first-order valence-corrected chi connectivity index (χ1v) is 9.37. The molecule has 0 spiro atoms. The molecule has 1 aliphatic heterocycles. The monoisotopic (exact) mass is 344 g/mol. The second kappa shape index (κ2) is 8.50. The van der Waals surface area contributed by atoms with Gasteiger partial charge in [0, 0.05) is 38.5 Å². The summed E-state index contributed by atoms with van der Waals surface area (Å²) in [4.78, 5) is 28.1. The third kappa shape index (κ3) is 5.87. The molecule has 4 heteroatoms. The molecule has 1 aromatic carbocycles. The Kier molecular flexibility index (Phi) is 6.63. The lowest BCUT2D eigenvalue weighted by Crippen LogP contribution is -2.47. The molecular formula is C21H32N2O2. The van der Waals surface area contributed by atoms with Gasteiger partial charge in [0.15, 0.2) is 0 Å². The highest BCUT2D eigenvalue weighted by Gasteiger charge is 2.27. The number of piperidine rings is 1. The zero-order valence-corrected chi connectivity index (χ0v) is 16.1. The van der Waals surface area contributed by atoms with Gasteiger partial charge in [0.2, 0.25) is 11.8 Å². The predicted octanol–water partition coefficient (Wildman–Crippen LogP) is 3.50. The van der Waals surface area contributed by atoms with Crippen LogP contribution in [0.5, 0.6) is 0 Å². The molecule has 138 valence electrons. The largest absolute Gasteiger partial charge is 0.343 e. The first kappa shape index (κ1) is 19.5. The van der Waals surface area contributed by atoms with Gasteiger partial charge >= 0.3 is 0 Å². The molecule has 0 aromatic heterocycles. The first-order valence-electron chi connectivity index (χ1n) is 9.37. The average molecular weight is 344 g/mol. The van der Waals surface area contributed by atoms with Crippen LogP contribution in [0.15, 0.2) is 30.3 Å². The third-order valence-corrected chi connectivity index (χ3v) is 5.07. The molecule has 0 bridgehead atoms. The summed E-state index contributed by atoms with van der Waals surface area (Å²) in [7, 11) is 0. The molecule has 0 atom stereocenters. The van der Waals surface area contributed by atoms with Gasteiger partial charge in [0.1, 0.15) is 0 Å². The summed E-state index contributed by atoms with van der Waals surface area (Å²) >= 11 is 0. The van der Waals surface area contributed by atoms with Gasteiger partial charge < -0.3 is 9.80 Å². The quantitative estimate of drug-likeness (QED) is 0.820. The summed E-state index contributed by atoms with van der Waals surface area (Å²) in [6.07, 6.45) is 3.65. The van der Waals surface area contributed by atoms with Gasteiger partial charge in [-0.1, -0.05) is 30.3 Å². The van der Waals surface area contributed by atoms with E-state index in [-0.39, 0.29) is 17.4 Å². The highest BCUT2D eigenvalue weighted by molar-refractivity contribution is 5.78. The number of amides is 2. The maximum absolute atomic E-state index is 12.5. The normalized spacial score (nSPS) is 15.9. The lowest BCUT2D eigenvalue weighted by molar-refractivity contribution is -0.137. The minimum Gasteiger partial charge on any atom is -0.343 e. The molecule has 0 radical (unpaired) electrons. The van der Waals surface area contributed by atoms with Crippen LogP contribution in [0, 0.1) is 5.92 Å². The second-order valence-corrected chi connectivity index (χ2v) is 8.11. The van der Waals surface area contributed by atoms with Crippen molar-refractivity contribution in [3.8, 4) is 0 Å². The lowest BCUT2D eigenvalue weighted by atomic mass is 9.90. The van der Waals surface area contributed by atoms with Crippen molar-refractivity contribution in [2.45, 2.75) is 58.9 Å². The van der Waals surface area contributed by atoms with Crippen molar-refractivity contribution in [2.24, 2.45) is 5.92 Å². The fourth-order valence-corrected chi connectivity index (χ4v) is 3.66. The van der Waals surface area contributed by atoms with Crippen molar-refractivity contribution in [2.75, 3.05) is 19.6 Å². The Hall–Kier alpha value is -1.84. The van der Waals surface area contributed by atoms with E-state index in [1.807, 2.05) is 31.7 Å². The summed E-state index contributed by atoms with van der Waals surface area (Å²) in [6, 6.07) is 10.6. The highest BCUT2D eigenvalue weighted by atomic mass is 16.2.